The predicted octanol–water partition coefficient (Wildman–Crippen LogP) is 3.68. The van der Waals surface area contributed by atoms with Crippen molar-refractivity contribution >= 4 is 5.97 Å². The first-order valence-electron chi connectivity index (χ1n) is 12.4. The highest BCUT2D eigenvalue weighted by Crippen LogP contribution is 2.67. The fourth-order valence-electron chi connectivity index (χ4n) is 8.62. The van der Waals surface area contributed by atoms with Crippen molar-refractivity contribution in [3.05, 3.63) is 0 Å². The van der Waals surface area contributed by atoms with E-state index in [-0.39, 0.29) is 16.7 Å². The van der Waals surface area contributed by atoms with E-state index in [1.54, 1.807) is 0 Å². The summed E-state index contributed by atoms with van der Waals surface area (Å²) in [6, 6.07) is 0.296. The Hall–Kier alpha value is -0.650. The molecule has 0 saturated heterocycles. The summed E-state index contributed by atoms with van der Waals surface area (Å²) in [4.78, 5) is 12.1. The Kier molecular flexibility index (Phi) is 6.04. The lowest BCUT2D eigenvalue weighted by atomic mass is 9.43. The number of aliphatic carboxylic acids is 1. The zero-order valence-electron chi connectivity index (χ0n) is 19.3. The normalized spacial score (nSPS) is 50.6. The van der Waals surface area contributed by atoms with Crippen LogP contribution in [0.25, 0.3) is 0 Å². The van der Waals surface area contributed by atoms with Crippen molar-refractivity contribution in [1.29, 1.82) is 0 Å². The Morgan fingerprint density at radius 3 is 2.43 bits per heavy atom. The summed E-state index contributed by atoms with van der Waals surface area (Å²) < 4.78 is 0. The molecule has 4 N–H and O–H groups in total. The number of fused-ring (bicyclic) bond motifs is 5. The molecule has 0 aromatic rings. The highest BCUT2D eigenvalue weighted by atomic mass is 16.4. The molecule has 0 radical (unpaired) electrons. The summed E-state index contributed by atoms with van der Waals surface area (Å²) in [7, 11) is 0. The number of aliphatic hydroxyl groups excluding tert-OH is 2. The van der Waals surface area contributed by atoms with Gasteiger partial charge in [-0.05, 0) is 98.3 Å². The maximum Gasteiger partial charge on any atom is 0.307 e. The van der Waals surface area contributed by atoms with E-state index in [1.165, 1.54) is 0 Å². The third-order valence-corrected chi connectivity index (χ3v) is 10.1. The molecular weight excluding hydrogens is 378 g/mol. The van der Waals surface area contributed by atoms with Gasteiger partial charge in [-0.1, -0.05) is 27.7 Å². The molecule has 10 atom stereocenters. The number of carboxylic acids is 1. The first kappa shape index (κ1) is 22.5. The molecule has 0 aromatic carbocycles. The molecule has 4 fully saturated rings. The molecule has 4 aliphatic carbocycles. The van der Waals surface area contributed by atoms with Crippen LogP contribution in [0.15, 0.2) is 0 Å². The zero-order valence-corrected chi connectivity index (χ0v) is 19.3. The van der Waals surface area contributed by atoms with Crippen LogP contribution in [0.1, 0.15) is 79.1 Å². The van der Waals surface area contributed by atoms with E-state index in [4.69, 9.17) is 0 Å². The second-order valence-corrected chi connectivity index (χ2v) is 12.1. The van der Waals surface area contributed by atoms with Crippen LogP contribution in [0.3, 0.4) is 0 Å². The third kappa shape index (κ3) is 3.53. The first-order valence-corrected chi connectivity index (χ1v) is 12.4. The highest BCUT2D eigenvalue weighted by molar-refractivity contribution is 5.71. The van der Waals surface area contributed by atoms with Crippen LogP contribution in [0, 0.1) is 46.3 Å². The van der Waals surface area contributed by atoms with Crippen molar-refractivity contribution in [3.8, 4) is 0 Å². The van der Waals surface area contributed by atoms with Gasteiger partial charge in [-0.2, -0.15) is 0 Å². The van der Waals surface area contributed by atoms with Gasteiger partial charge >= 0.3 is 5.97 Å². The minimum Gasteiger partial charge on any atom is -0.481 e. The molecule has 4 rings (SSSR count). The van der Waals surface area contributed by atoms with Gasteiger partial charge in [-0.3, -0.25) is 4.79 Å². The van der Waals surface area contributed by atoms with Gasteiger partial charge in [0.2, 0.25) is 0 Å². The average molecular weight is 422 g/mol. The van der Waals surface area contributed by atoms with Gasteiger partial charge in [-0.15, -0.1) is 0 Å². The molecule has 5 unspecified atom stereocenters. The van der Waals surface area contributed by atoms with Crippen LogP contribution >= 0.6 is 0 Å². The lowest BCUT2D eigenvalue weighted by Gasteiger charge is -2.63. The second-order valence-electron chi connectivity index (χ2n) is 12.1. The van der Waals surface area contributed by atoms with Crippen molar-refractivity contribution in [3.63, 3.8) is 0 Å². The van der Waals surface area contributed by atoms with Gasteiger partial charge < -0.3 is 20.6 Å². The van der Waals surface area contributed by atoms with Crippen LogP contribution in [0.5, 0.6) is 0 Å². The number of rotatable bonds is 5. The van der Waals surface area contributed by atoms with E-state index in [9.17, 15) is 20.1 Å². The van der Waals surface area contributed by atoms with E-state index in [1.807, 2.05) is 0 Å². The molecule has 172 valence electrons. The minimum atomic E-state index is -0.634. The maximum atomic E-state index is 12.1. The smallest absolute Gasteiger partial charge is 0.307 e. The Bertz CT molecular complexity index is 653. The first-order chi connectivity index (χ1) is 14.1. The van der Waals surface area contributed by atoms with Crippen LogP contribution in [-0.4, -0.2) is 46.1 Å². The minimum absolute atomic E-state index is 0.0136. The van der Waals surface area contributed by atoms with E-state index in [0.717, 1.165) is 45.1 Å². The summed E-state index contributed by atoms with van der Waals surface area (Å²) in [6.07, 6.45) is 6.28. The van der Waals surface area contributed by atoms with Gasteiger partial charge in [0.25, 0.3) is 0 Å². The molecule has 4 aliphatic rings. The fourth-order valence-corrected chi connectivity index (χ4v) is 8.62. The maximum absolute atomic E-state index is 12.1. The number of carboxylic acid groups (broad SMARTS) is 1. The average Bonchev–Trinajstić information content (AvgIpc) is 2.99. The summed E-state index contributed by atoms with van der Waals surface area (Å²) >= 11 is 0. The predicted molar refractivity (Wildman–Crippen MR) is 117 cm³/mol. The van der Waals surface area contributed by atoms with Crippen molar-refractivity contribution in [2.75, 3.05) is 6.54 Å². The molecule has 5 heteroatoms. The Morgan fingerprint density at radius 2 is 1.77 bits per heavy atom. The number of nitrogens with one attached hydrogen (secondary N) is 1. The van der Waals surface area contributed by atoms with Crippen LogP contribution in [0.2, 0.25) is 0 Å². The largest absolute Gasteiger partial charge is 0.481 e. The third-order valence-electron chi connectivity index (χ3n) is 10.1. The van der Waals surface area contributed by atoms with Crippen molar-refractivity contribution in [2.24, 2.45) is 46.3 Å². The van der Waals surface area contributed by atoms with Gasteiger partial charge in [0, 0.05) is 6.04 Å². The summed E-state index contributed by atoms with van der Waals surface area (Å²) in [5.41, 5.74) is -0.127. The lowest BCUT2D eigenvalue weighted by Crippen LogP contribution is -2.64. The number of carbonyl (C=O) groups is 1. The van der Waals surface area contributed by atoms with Crippen molar-refractivity contribution < 1.29 is 20.1 Å². The molecule has 0 spiro atoms. The molecule has 0 aliphatic heterocycles. The molecule has 0 amide bonds. The van der Waals surface area contributed by atoms with E-state index in [2.05, 4.69) is 33.0 Å². The van der Waals surface area contributed by atoms with Gasteiger partial charge in [0.1, 0.15) is 0 Å². The Balaban J connectivity index is 1.67. The summed E-state index contributed by atoms with van der Waals surface area (Å²) in [5, 5.41) is 34.8. The standard InChI is InChI=1S/C25H43NO4/c1-14(2)9-10-26-19-12-25(4)17(7-8-18(25)23(29)30)16-6-5-15-11-20(27)21(28)13-24(15,3)22(16)19/h14-22,26-28H,5-13H2,1-4H3,(H,29,30)/t15?,16-,17-,18?,19?,20?,21?,22-,24-,25-/m0/s1. The second kappa shape index (κ2) is 8.04. The molecule has 0 aromatic heterocycles. The zero-order chi connectivity index (χ0) is 21.8. The number of hydrogen-bond donors (Lipinski definition) is 4. The van der Waals surface area contributed by atoms with Crippen LogP contribution in [-0.2, 0) is 4.79 Å². The summed E-state index contributed by atoms with van der Waals surface area (Å²) in [5.74, 6) is 1.68. The van der Waals surface area contributed by atoms with Crippen LogP contribution < -0.4 is 5.32 Å². The summed E-state index contributed by atoms with van der Waals surface area (Å²) in [6.45, 7) is 10.1. The molecule has 5 nitrogen and oxygen atoms in total. The topological polar surface area (TPSA) is 89.8 Å². The molecular formula is C25H43NO4. The van der Waals surface area contributed by atoms with Crippen molar-refractivity contribution in [1.82, 2.24) is 5.32 Å². The molecule has 0 heterocycles. The molecule has 0 bridgehead atoms. The van der Waals surface area contributed by atoms with Crippen LogP contribution in [0.4, 0.5) is 0 Å². The highest BCUT2D eigenvalue weighted by Gasteiger charge is 2.64. The molecule has 30 heavy (non-hydrogen) atoms. The van der Waals surface area contributed by atoms with E-state index in [0.29, 0.717) is 48.5 Å². The van der Waals surface area contributed by atoms with Crippen molar-refractivity contribution in [2.45, 2.75) is 97.3 Å². The number of hydrogen-bond acceptors (Lipinski definition) is 4. The lowest BCUT2D eigenvalue weighted by molar-refractivity contribution is -0.174. The van der Waals surface area contributed by atoms with Gasteiger partial charge in [0.05, 0.1) is 18.1 Å². The monoisotopic (exact) mass is 421 g/mol. The Morgan fingerprint density at radius 1 is 1.03 bits per heavy atom. The SMILES string of the molecule is CC(C)CCNC1C[C@]2(C)C(C(=O)O)CC[C@H]2[C@@H]2CCC3CC(O)C(O)C[C@]3(C)[C@H]12. The van der Waals surface area contributed by atoms with Gasteiger partial charge in [0.15, 0.2) is 0 Å². The van der Waals surface area contributed by atoms with E-state index >= 15 is 0 Å². The molecule has 4 saturated carbocycles. The fraction of sp³-hybridized carbons (Fsp3) is 0.960. The van der Waals surface area contributed by atoms with Gasteiger partial charge in [-0.25, -0.2) is 0 Å². The Labute approximate surface area is 182 Å². The van der Waals surface area contributed by atoms with E-state index < -0.39 is 18.2 Å². The number of aliphatic hydroxyl groups is 2. The quantitative estimate of drug-likeness (QED) is 0.544.